The number of amides is 3. The predicted octanol–water partition coefficient (Wildman–Crippen LogP) is 1.15. The third-order valence-electron chi connectivity index (χ3n) is 4.81. The molecule has 2 aliphatic rings. The smallest absolute Gasteiger partial charge is 0.247 e. The maximum absolute atomic E-state index is 12.7. The number of piperidine rings is 1. The van der Waals surface area contributed by atoms with Gasteiger partial charge in [-0.15, -0.1) is 0 Å². The SMILES string of the molecule is COc1ccc(NC(=O)C2CCCN2C(=O)C2CCC(=O)NC2)cc1. The molecule has 2 saturated heterocycles. The molecule has 2 heterocycles. The monoisotopic (exact) mass is 345 g/mol. The fourth-order valence-electron chi connectivity index (χ4n) is 3.38. The van der Waals surface area contributed by atoms with Gasteiger partial charge >= 0.3 is 0 Å². The van der Waals surface area contributed by atoms with Crippen LogP contribution in [-0.2, 0) is 14.4 Å². The molecule has 2 aliphatic heterocycles. The van der Waals surface area contributed by atoms with Gasteiger partial charge in [-0.25, -0.2) is 0 Å². The lowest BCUT2D eigenvalue weighted by molar-refractivity contribution is -0.141. The van der Waals surface area contributed by atoms with Crippen LogP contribution in [0, 0.1) is 5.92 Å². The van der Waals surface area contributed by atoms with Crippen molar-refractivity contribution < 1.29 is 19.1 Å². The van der Waals surface area contributed by atoms with Crippen LogP contribution in [0.3, 0.4) is 0 Å². The summed E-state index contributed by atoms with van der Waals surface area (Å²) in [6.45, 7) is 0.949. The Kier molecular flexibility index (Phi) is 5.21. The molecule has 134 valence electrons. The van der Waals surface area contributed by atoms with Crippen LogP contribution in [0.1, 0.15) is 25.7 Å². The normalized spacial score (nSPS) is 23.1. The average Bonchev–Trinajstić information content (AvgIpc) is 3.12. The van der Waals surface area contributed by atoms with Crippen LogP contribution in [0.15, 0.2) is 24.3 Å². The van der Waals surface area contributed by atoms with Gasteiger partial charge in [-0.2, -0.15) is 0 Å². The zero-order chi connectivity index (χ0) is 17.8. The van der Waals surface area contributed by atoms with Crippen molar-refractivity contribution in [1.29, 1.82) is 0 Å². The topological polar surface area (TPSA) is 87.7 Å². The lowest BCUT2D eigenvalue weighted by Gasteiger charge is -2.30. The number of hydrogen-bond acceptors (Lipinski definition) is 4. The van der Waals surface area contributed by atoms with Crippen LogP contribution < -0.4 is 15.4 Å². The van der Waals surface area contributed by atoms with Gasteiger partial charge in [0.05, 0.1) is 13.0 Å². The molecule has 3 rings (SSSR count). The fourth-order valence-corrected chi connectivity index (χ4v) is 3.38. The molecular weight excluding hydrogens is 322 g/mol. The van der Waals surface area contributed by atoms with E-state index >= 15 is 0 Å². The highest BCUT2D eigenvalue weighted by Gasteiger charge is 2.38. The predicted molar refractivity (Wildman–Crippen MR) is 92.1 cm³/mol. The van der Waals surface area contributed by atoms with E-state index in [1.54, 1.807) is 36.3 Å². The lowest BCUT2D eigenvalue weighted by atomic mass is 9.97. The molecular formula is C18H23N3O4. The van der Waals surface area contributed by atoms with Gasteiger partial charge in [-0.1, -0.05) is 0 Å². The van der Waals surface area contributed by atoms with Gasteiger partial charge in [0.1, 0.15) is 11.8 Å². The highest BCUT2D eigenvalue weighted by atomic mass is 16.5. The van der Waals surface area contributed by atoms with E-state index < -0.39 is 6.04 Å². The summed E-state index contributed by atoms with van der Waals surface area (Å²) in [5, 5.41) is 5.60. The van der Waals surface area contributed by atoms with E-state index in [4.69, 9.17) is 4.74 Å². The van der Waals surface area contributed by atoms with Gasteiger partial charge in [-0.05, 0) is 43.5 Å². The minimum absolute atomic E-state index is 0.0146. The van der Waals surface area contributed by atoms with Crippen molar-refractivity contribution in [2.75, 3.05) is 25.5 Å². The van der Waals surface area contributed by atoms with E-state index in [-0.39, 0.29) is 23.6 Å². The zero-order valence-corrected chi connectivity index (χ0v) is 14.3. The number of benzene rings is 1. The Bertz CT molecular complexity index is 649. The first-order valence-electron chi connectivity index (χ1n) is 8.60. The third-order valence-corrected chi connectivity index (χ3v) is 4.81. The number of methoxy groups -OCH3 is 1. The molecule has 0 radical (unpaired) electrons. The first-order chi connectivity index (χ1) is 12.1. The Morgan fingerprint density at radius 2 is 2.00 bits per heavy atom. The van der Waals surface area contributed by atoms with Crippen LogP contribution in [0.2, 0.25) is 0 Å². The molecule has 0 spiro atoms. The first kappa shape index (κ1) is 17.3. The average molecular weight is 345 g/mol. The quantitative estimate of drug-likeness (QED) is 0.857. The van der Waals surface area contributed by atoms with E-state index in [2.05, 4.69) is 10.6 Å². The van der Waals surface area contributed by atoms with Crippen molar-refractivity contribution in [3.63, 3.8) is 0 Å². The van der Waals surface area contributed by atoms with Crippen LogP contribution in [0.4, 0.5) is 5.69 Å². The lowest BCUT2D eigenvalue weighted by Crippen LogP contribution is -2.49. The summed E-state index contributed by atoms with van der Waals surface area (Å²) in [7, 11) is 1.59. The van der Waals surface area contributed by atoms with Gasteiger partial charge < -0.3 is 20.3 Å². The van der Waals surface area contributed by atoms with Crippen LogP contribution in [-0.4, -0.2) is 48.9 Å². The summed E-state index contributed by atoms with van der Waals surface area (Å²) in [5.74, 6) is 0.268. The Hall–Kier alpha value is -2.57. The summed E-state index contributed by atoms with van der Waals surface area (Å²) in [6.07, 6.45) is 2.39. The molecule has 7 nitrogen and oxygen atoms in total. The molecule has 0 bridgehead atoms. The Morgan fingerprint density at radius 1 is 1.24 bits per heavy atom. The van der Waals surface area contributed by atoms with Gasteiger partial charge in [0.25, 0.3) is 0 Å². The number of ether oxygens (including phenoxy) is 1. The molecule has 2 fully saturated rings. The Morgan fingerprint density at radius 3 is 2.64 bits per heavy atom. The molecule has 2 unspecified atom stereocenters. The second kappa shape index (κ2) is 7.55. The fraction of sp³-hybridized carbons (Fsp3) is 0.500. The van der Waals surface area contributed by atoms with Gasteiger partial charge in [-0.3, -0.25) is 14.4 Å². The van der Waals surface area contributed by atoms with Crippen LogP contribution in [0.25, 0.3) is 0 Å². The van der Waals surface area contributed by atoms with E-state index in [9.17, 15) is 14.4 Å². The molecule has 2 N–H and O–H groups in total. The van der Waals surface area contributed by atoms with Gasteiger partial charge in [0.15, 0.2) is 0 Å². The second-order valence-corrected chi connectivity index (χ2v) is 6.45. The van der Waals surface area contributed by atoms with Crippen molar-refractivity contribution in [2.45, 2.75) is 31.7 Å². The number of nitrogens with zero attached hydrogens (tertiary/aromatic N) is 1. The molecule has 1 aromatic rings. The van der Waals surface area contributed by atoms with Crippen molar-refractivity contribution in [2.24, 2.45) is 5.92 Å². The van der Waals surface area contributed by atoms with Crippen molar-refractivity contribution in [3.8, 4) is 5.75 Å². The molecule has 0 saturated carbocycles. The molecule has 3 amide bonds. The van der Waals surface area contributed by atoms with Crippen molar-refractivity contribution >= 4 is 23.4 Å². The number of hydrogen-bond donors (Lipinski definition) is 2. The standard InChI is InChI=1S/C18H23N3O4/c1-25-14-7-5-13(6-8-14)20-17(23)15-3-2-10-21(15)18(24)12-4-9-16(22)19-11-12/h5-8,12,15H,2-4,9-11H2,1H3,(H,19,22)(H,20,23). The second-order valence-electron chi connectivity index (χ2n) is 6.45. The number of carbonyl (C=O) groups excluding carboxylic acids is 3. The molecule has 2 atom stereocenters. The maximum atomic E-state index is 12.7. The number of anilines is 1. The number of likely N-dealkylation sites (tertiary alicyclic amines) is 1. The van der Waals surface area contributed by atoms with Crippen molar-refractivity contribution in [3.05, 3.63) is 24.3 Å². The van der Waals surface area contributed by atoms with E-state index in [0.29, 0.717) is 38.0 Å². The molecule has 0 aromatic heterocycles. The number of nitrogens with one attached hydrogen (secondary N) is 2. The maximum Gasteiger partial charge on any atom is 0.247 e. The summed E-state index contributed by atoms with van der Waals surface area (Å²) < 4.78 is 5.10. The number of carbonyl (C=O) groups is 3. The Balaban J connectivity index is 1.62. The highest BCUT2D eigenvalue weighted by Crippen LogP contribution is 2.24. The minimum Gasteiger partial charge on any atom is -0.497 e. The Labute approximate surface area is 146 Å². The number of rotatable bonds is 4. The first-order valence-corrected chi connectivity index (χ1v) is 8.60. The summed E-state index contributed by atoms with van der Waals surface area (Å²) in [6, 6.07) is 6.64. The zero-order valence-electron chi connectivity index (χ0n) is 14.3. The minimum atomic E-state index is -0.452. The molecule has 1 aromatic carbocycles. The van der Waals surface area contributed by atoms with E-state index in [1.807, 2.05) is 0 Å². The molecule has 0 aliphatic carbocycles. The molecule has 25 heavy (non-hydrogen) atoms. The van der Waals surface area contributed by atoms with E-state index in [1.165, 1.54) is 0 Å². The van der Waals surface area contributed by atoms with Crippen molar-refractivity contribution in [1.82, 2.24) is 10.2 Å². The third kappa shape index (κ3) is 3.92. The van der Waals surface area contributed by atoms with Gasteiger partial charge in [0.2, 0.25) is 17.7 Å². The van der Waals surface area contributed by atoms with Gasteiger partial charge in [0, 0.05) is 25.2 Å². The summed E-state index contributed by atoms with van der Waals surface area (Å²) in [5.41, 5.74) is 0.676. The summed E-state index contributed by atoms with van der Waals surface area (Å²) >= 11 is 0. The summed E-state index contributed by atoms with van der Waals surface area (Å²) in [4.78, 5) is 38.3. The highest BCUT2D eigenvalue weighted by molar-refractivity contribution is 5.98. The molecule has 7 heteroatoms. The van der Waals surface area contributed by atoms with E-state index in [0.717, 1.165) is 12.2 Å². The van der Waals surface area contributed by atoms with Crippen LogP contribution in [0.5, 0.6) is 5.75 Å². The van der Waals surface area contributed by atoms with Crippen LogP contribution >= 0.6 is 0 Å². The largest absolute Gasteiger partial charge is 0.497 e.